The van der Waals surface area contributed by atoms with Crippen molar-refractivity contribution in [1.82, 2.24) is 4.57 Å². The van der Waals surface area contributed by atoms with Crippen LogP contribution in [0, 0.1) is 5.92 Å². The van der Waals surface area contributed by atoms with Gasteiger partial charge in [0.25, 0.3) is 0 Å². The van der Waals surface area contributed by atoms with E-state index in [0.29, 0.717) is 32.1 Å². The third-order valence-electron chi connectivity index (χ3n) is 3.05. The number of para-hydroxylation sites is 1. The fraction of sp³-hybridized carbons (Fsp3) is 0.500. The van der Waals surface area contributed by atoms with Crippen molar-refractivity contribution in [2.24, 2.45) is 10.9 Å². The summed E-state index contributed by atoms with van der Waals surface area (Å²) in [7, 11) is 0. The number of aromatic nitrogens is 1. The molecule has 1 amide bonds. The highest BCUT2D eigenvalue weighted by Gasteiger charge is 2.08. The summed E-state index contributed by atoms with van der Waals surface area (Å²) in [6.45, 7) is 8.08. The first kappa shape index (κ1) is 15.9. The molecule has 0 bridgehead atoms. The van der Waals surface area contributed by atoms with E-state index < -0.39 is 0 Å². The van der Waals surface area contributed by atoms with E-state index in [4.69, 9.17) is 4.74 Å². The van der Waals surface area contributed by atoms with Crippen LogP contribution in [0.25, 0.3) is 10.2 Å². The average Bonchev–Trinajstić information content (AvgIpc) is 2.76. The molecule has 1 heterocycles. The summed E-state index contributed by atoms with van der Waals surface area (Å²) in [6, 6.07) is 8.13. The van der Waals surface area contributed by atoms with Gasteiger partial charge in [-0.3, -0.25) is 4.79 Å². The zero-order valence-corrected chi connectivity index (χ0v) is 13.7. The van der Waals surface area contributed by atoms with Gasteiger partial charge in [0.15, 0.2) is 4.80 Å². The standard InChI is InChI=1S/C16H22N2O2S/c1-4-20-10-9-18-13-7-5-6-8-14(13)21-16(18)17-15(19)11-12(2)3/h5-8,12H,4,9-11H2,1-3H3. The molecule has 4 nitrogen and oxygen atoms in total. The first-order valence-corrected chi connectivity index (χ1v) is 8.17. The third-order valence-corrected chi connectivity index (χ3v) is 4.11. The van der Waals surface area contributed by atoms with Crippen LogP contribution in [0.5, 0.6) is 0 Å². The second-order valence-electron chi connectivity index (χ2n) is 5.30. The molecule has 0 saturated carbocycles. The number of rotatable bonds is 6. The normalized spacial score (nSPS) is 12.5. The topological polar surface area (TPSA) is 43.6 Å². The molecule has 0 N–H and O–H groups in total. The quantitative estimate of drug-likeness (QED) is 0.769. The molecule has 0 aliphatic heterocycles. The smallest absolute Gasteiger partial charge is 0.248 e. The molecule has 1 aromatic carbocycles. The predicted octanol–water partition coefficient (Wildman–Crippen LogP) is 3.21. The maximum absolute atomic E-state index is 12.0. The van der Waals surface area contributed by atoms with Crippen molar-refractivity contribution in [3.05, 3.63) is 29.1 Å². The highest BCUT2D eigenvalue weighted by atomic mass is 32.1. The van der Waals surface area contributed by atoms with Crippen molar-refractivity contribution in [1.29, 1.82) is 0 Å². The minimum absolute atomic E-state index is 0.0540. The zero-order valence-electron chi connectivity index (χ0n) is 12.8. The molecule has 0 fully saturated rings. The summed E-state index contributed by atoms with van der Waals surface area (Å²) in [4.78, 5) is 17.0. The molecule has 21 heavy (non-hydrogen) atoms. The summed E-state index contributed by atoms with van der Waals surface area (Å²) in [5, 5.41) is 0. The molecule has 1 aromatic heterocycles. The number of benzene rings is 1. The van der Waals surface area contributed by atoms with Crippen LogP contribution in [0.15, 0.2) is 29.3 Å². The highest BCUT2D eigenvalue weighted by Crippen LogP contribution is 2.16. The van der Waals surface area contributed by atoms with Gasteiger partial charge < -0.3 is 9.30 Å². The van der Waals surface area contributed by atoms with Gasteiger partial charge in [0.1, 0.15) is 0 Å². The number of hydrogen-bond donors (Lipinski definition) is 0. The SMILES string of the molecule is CCOCCn1c(=NC(=O)CC(C)C)sc2ccccc21. The number of thiazole rings is 1. The number of fused-ring (bicyclic) bond motifs is 1. The van der Waals surface area contributed by atoms with Crippen LogP contribution in [-0.4, -0.2) is 23.7 Å². The molecular formula is C16H22N2O2S. The Balaban J connectivity index is 2.38. The molecule has 0 unspecified atom stereocenters. The number of carbonyl (C=O) groups excluding carboxylic acids is 1. The van der Waals surface area contributed by atoms with Crippen LogP contribution in [0.3, 0.4) is 0 Å². The van der Waals surface area contributed by atoms with Crippen molar-refractivity contribution in [3.8, 4) is 0 Å². The van der Waals surface area contributed by atoms with E-state index in [9.17, 15) is 4.79 Å². The Kier molecular flexibility index (Phi) is 5.70. The van der Waals surface area contributed by atoms with E-state index in [2.05, 4.69) is 21.7 Å². The predicted molar refractivity (Wildman–Crippen MR) is 86.3 cm³/mol. The fourth-order valence-electron chi connectivity index (χ4n) is 2.12. The molecule has 2 aromatic rings. The Bertz CT molecular complexity index is 670. The number of amides is 1. The summed E-state index contributed by atoms with van der Waals surface area (Å²) in [5.41, 5.74) is 1.11. The van der Waals surface area contributed by atoms with Gasteiger partial charge in [-0.15, -0.1) is 0 Å². The maximum Gasteiger partial charge on any atom is 0.248 e. The molecular weight excluding hydrogens is 284 g/mol. The summed E-state index contributed by atoms with van der Waals surface area (Å²) in [6.07, 6.45) is 0.486. The Morgan fingerprint density at radius 2 is 2.14 bits per heavy atom. The number of ether oxygens (including phenoxy) is 1. The van der Waals surface area contributed by atoms with Crippen molar-refractivity contribution < 1.29 is 9.53 Å². The van der Waals surface area contributed by atoms with E-state index in [-0.39, 0.29) is 5.91 Å². The van der Waals surface area contributed by atoms with E-state index in [1.54, 1.807) is 11.3 Å². The summed E-state index contributed by atoms with van der Waals surface area (Å²) < 4.78 is 8.66. The first-order valence-electron chi connectivity index (χ1n) is 7.35. The minimum Gasteiger partial charge on any atom is -0.380 e. The van der Waals surface area contributed by atoms with Gasteiger partial charge in [0, 0.05) is 19.6 Å². The Labute approximate surface area is 129 Å². The van der Waals surface area contributed by atoms with Crippen molar-refractivity contribution >= 4 is 27.5 Å². The van der Waals surface area contributed by atoms with E-state index in [1.807, 2.05) is 32.9 Å². The molecule has 0 aliphatic rings. The van der Waals surface area contributed by atoms with Crippen LogP contribution < -0.4 is 4.80 Å². The second-order valence-corrected chi connectivity index (χ2v) is 6.31. The fourth-order valence-corrected chi connectivity index (χ4v) is 3.20. The van der Waals surface area contributed by atoms with Crippen LogP contribution in [0.4, 0.5) is 0 Å². The molecule has 114 valence electrons. The Morgan fingerprint density at radius 1 is 1.38 bits per heavy atom. The lowest BCUT2D eigenvalue weighted by Crippen LogP contribution is -2.20. The summed E-state index contributed by atoms with van der Waals surface area (Å²) >= 11 is 1.56. The Morgan fingerprint density at radius 3 is 2.86 bits per heavy atom. The lowest BCUT2D eigenvalue weighted by molar-refractivity contribution is -0.118. The van der Waals surface area contributed by atoms with Crippen molar-refractivity contribution in [2.75, 3.05) is 13.2 Å². The second kappa shape index (κ2) is 7.52. The van der Waals surface area contributed by atoms with Crippen LogP contribution in [0.1, 0.15) is 27.2 Å². The molecule has 0 saturated heterocycles. The van der Waals surface area contributed by atoms with Crippen LogP contribution >= 0.6 is 11.3 Å². The average molecular weight is 306 g/mol. The van der Waals surface area contributed by atoms with Crippen molar-refractivity contribution in [3.63, 3.8) is 0 Å². The number of carbonyl (C=O) groups is 1. The van der Waals surface area contributed by atoms with E-state index in [1.165, 1.54) is 0 Å². The van der Waals surface area contributed by atoms with Crippen molar-refractivity contribution in [2.45, 2.75) is 33.7 Å². The first-order chi connectivity index (χ1) is 10.1. The Hall–Kier alpha value is -1.46. The van der Waals surface area contributed by atoms with Crippen LogP contribution in [-0.2, 0) is 16.1 Å². The van der Waals surface area contributed by atoms with Gasteiger partial charge in [-0.05, 0) is 25.0 Å². The zero-order chi connectivity index (χ0) is 15.2. The molecule has 2 rings (SSSR count). The van der Waals surface area contributed by atoms with Gasteiger partial charge in [0.2, 0.25) is 5.91 Å². The molecule has 0 atom stereocenters. The highest BCUT2D eigenvalue weighted by molar-refractivity contribution is 7.16. The molecule has 0 radical (unpaired) electrons. The maximum atomic E-state index is 12.0. The minimum atomic E-state index is -0.0540. The monoisotopic (exact) mass is 306 g/mol. The van der Waals surface area contributed by atoms with Gasteiger partial charge in [-0.2, -0.15) is 4.99 Å². The van der Waals surface area contributed by atoms with Gasteiger partial charge in [-0.25, -0.2) is 0 Å². The molecule has 5 heteroatoms. The molecule has 0 spiro atoms. The third kappa shape index (κ3) is 4.25. The van der Waals surface area contributed by atoms with E-state index >= 15 is 0 Å². The number of nitrogens with zero attached hydrogens (tertiary/aromatic N) is 2. The van der Waals surface area contributed by atoms with E-state index in [0.717, 1.165) is 15.0 Å². The molecule has 0 aliphatic carbocycles. The summed E-state index contributed by atoms with van der Waals surface area (Å²) in [5.74, 6) is 0.272. The van der Waals surface area contributed by atoms with Gasteiger partial charge in [-0.1, -0.05) is 37.3 Å². The van der Waals surface area contributed by atoms with Gasteiger partial charge >= 0.3 is 0 Å². The number of hydrogen-bond acceptors (Lipinski definition) is 3. The van der Waals surface area contributed by atoms with Gasteiger partial charge in [0.05, 0.1) is 16.8 Å². The lowest BCUT2D eigenvalue weighted by Gasteiger charge is -2.05. The van der Waals surface area contributed by atoms with Crippen LogP contribution in [0.2, 0.25) is 0 Å². The largest absolute Gasteiger partial charge is 0.380 e. The lowest BCUT2D eigenvalue weighted by atomic mass is 10.1.